The van der Waals surface area contributed by atoms with E-state index in [1.807, 2.05) is 0 Å². The molecule has 0 spiro atoms. The third kappa shape index (κ3) is 3.53. The molecule has 0 saturated carbocycles. The number of hydrazone groups is 1. The summed E-state index contributed by atoms with van der Waals surface area (Å²) in [5.41, 5.74) is 3.21. The van der Waals surface area contributed by atoms with Crippen molar-refractivity contribution >= 4 is 23.7 Å². The normalized spacial score (nSPS) is 10.6. The van der Waals surface area contributed by atoms with Crippen molar-refractivity contribution in [1.29, 1.82) is 0 Å². The summed E-state index contributed by atoms with van der Waals surface area (Å²) in [5.74, 6) is -0.327. The average Bonchev–Trinajstić information content (AvgIpc) is 2.43. The molecule has 0 aliphatic rings. The Morgan fingerprint density at radius 2 is 2.05 bits per heavy atom. The molecular formula is C13H10ClN3O2. The molecule has 0 fully saturated rings. The Labute approximate surface area is 114 Å². The summed E-state index contributed by atoms with van der Waals surface area (Å²) in [4.78, 5) is 15.5. The van der Waals surface area contributed by atoms with Crippen LogP contribution >= 0.6 is 11.6 Å². The highest BCUT2D eigenvalue weighted by molar-refractivity contribution is 6.30. The van der Waals surface area contributed by atoms with Crippen molar-refractivity contribution < 1.29 is 9.90 Å². The van der Waals surface area contributed by atoms with Crippen LogP contribution in [0.3, 0.4) is 0 Å². The lowest BCUT2D eigenvalue weighted by molar-refractivity contribution is 0.0955. The first kappa shape index (κ1) is 13.0. The first-order valence-electron chi connectivity index (χ1n) is 5.39. The van der Waals surface area contributed by atoms with E-state index in [-0.39, 0.29) is 11.7 Å². The number of hydrogen-bond acceptors (Lipinski definition) is 4. The van der Waals surface area contributed by atoms with Gasteiger partial charge in [-0.25, -0.2) is 5.43 Å². The molecule has 5 nitrogen and oxygen atoms in total. The van der Waals surface area contributed by atoms with Crippen LogP contribution in [0.5, 0.6) is 5.75 Å². The topological polar surface area (TPSA) is 74.6 Å². The molecule has 2 aromatic rings. The number of phenolic OH excluding ortho intramolecular Hbond substituents is 1. The van der Waals surface area contributed by atoms with Crippen LogP contribution in [0, 0.1) is 0 Å². The number of nitrogens with zero attached hydrogens (tertiary/aromatic N) is 2. The minimum absolute atomic E-state index is 0.0336. The summed E-state index contributed by atoms with van der Waals surface area (Å²) in [6.45, 7) is 0. The number of phenols is 1. The van der Waals surface area contributed by atoms with Crippen molar-refractivity contribution in [3.05, 3.63) is 58.9 Å². The fourth-order valence-corrected chi connectivity index (χ4v) is 1.54. The number of hydrogen-bond donors (Lipinski definition) is 2. The van der Waals surface area contributed by atoms with Gasteiger partial charge in [-0.2, -0.15) is 5.10 Å². The van der Waals surface area contributed by atoms with Gasteiger partial charge in [0, 0.05) is 28.5 Å². The molecule has 0 unspecified atom stereocenters. The molecule has 0 aliphatic heterocycles. The molecule has 1 heterocycles. The van der Waals surface area contributed by atoms with Crippen molar-refractivity contribution in [2.75, 3.05) is 0 Å². The standard InChI is InChI=1S/C13H10ClN3O2/c14-11-1-2-12(18)10(7-11)8-16-17-13(19)9-3-5-15-6-4-9/h1-8,18H,(H,17,19)/b16-8-. The molecule has 0 radical (unpaired) electrons. The van der Waals surface area contributed by atoms with Crippen LogP contribution < -0.4 is 5.43 Å². The highest BCUT2D eigenvalue weighted by atomic mass is 35.5. The van der Waals surface area contributed by atoms with E-state index >= 15 is 0 Å². The van der Waals surface area contributed by atoms with Gasteiger partial charge in [-0.1, -0.05) is 11.6 Å². The molecule has 6 heteroatoms. The van der Waals surface area contributed by atoms with E-state index in [1.54, 1.807) is 24.3 Å². The maximum absolute atomic E-state index is 11.6. The number of amides is 1. The van der Waals surface area contributed by atoms with Gasteiger partial charge in [0.05, 0.1) is 6.21 Å². The summed E-state index contributed by atoms with van der Waals surface area (Å²) in [6, 6.07) is 7.69. The zero-order valence-electron chi connectivity index (χ0n) is 9.75. The van der Waals surface area contributed by atoms with Crippen LogP contribution in [0.15, 0.2) is 47.8 Å². The van der Waals surface area contributed by atoms with Gasteiger partial charge >= 0.3 is 0 Å². The molecule has 1 aromatic carbocycles. The number of aromatic hydroxyl groups is 1. The Morgan fingerprint density at radius 1 is 1.32 bits per heavy atom. The van der Waals surface area contributed by atoms with Crippen molar-refractivity contribution in [2.24, 2.45) is 5.10 Å². The highest BCUT2D eigenvalue weighted by Gasteiger charge is 2.03. The third-order valence-corrected chi connectivity index (χ3v) is 2.54. The monoisotopic (exact) mass is 275 g/mol. The third-order valence-electron chi connectivity index (χ3n) is 2.30. The summed E-state index contributed by atoms with van der Waals surface area (Å²) < 4.78 is 0. The summed E-state index contributed by atoms with van der Waals surface area (Å²) in [6.07, 6.45) is 4.35. The second kappa shape index (κ2) is 5.97. The molecule has 2 rings (SSSR count). The van der Waals surface area contributed by atoms with E-state index in [1.165, 1.54) is 24.7 Å². The maximum atomic E-state index is 11.6. The SMILES string of the molecule is O=C(N/N=C\c1cc(Cl)ccc1O)c1ccncc1. The Bertz CT molecular complexity index is 615. The van der Waals surface area contributed by atoms with Gasteiger partial charge in [0.2, 0.25) is 0 Å². The maximum Gasteiger partial charge on any atom is 0.271 e. The zero-order valence-corrected chi connectivity index (χ0v) is 10.5. The number of aromatic nitrogens is 1. The van der Waals surface area contributed by atoms with Crippen molar-refractivity contribution in [3.63, 3.8) is 0 Å². The van der Waals surface area contributed by atoms with Crippen LogP contribution in [0.25, 0.3) is 0 Å². The van der Waals surface area contributed by atoms with Crippen LogP contribution in [-0.2, 0) is 0 Å². The van der Waals surface area contributed by atoms with E-state index in [9.17, 15) is 9.90 Å². The number of rotatable bonds is 3. The van der Waals surface area contributed by atoms with Crippen molar-refractivity contribution in [3.8, 4) is 5.75 Å². The average molecular weight is 276 g/mol. The number of carbonyl (C=O) groups is 1. The second-order valence-electron chi connectivity index (χ2n) is 3.64. The van der Waals surface area contributed by atoms with Gasteiger partial charge in [-0.05, 0) is 30.3 Å². The lowest BCUT2D eigenvalue weighted by Crippen LogP contribution is -2.17. The predicted molar refractivity (Wildman–Crippen MR) is 72.4 cm³/mol. The molecule has 2 N–H and O–H groups in total. The van der Waals surface area contributed by atoms with E-state index in [0.29, 0.717) is 16.1 Å². The minimum atomic E-state index is -0.361. The largest absolute Gasteiger partial charge is 0.507 e. The Morgan fingerprint density at radius 3 is 2.79 bits per heavy atom. The summed E-state index contributed by atoms with van der Waals surface area (Å²) >= 11 is 5.79. The molecule has 0 aliphatic carbocycles. The Hall–Kier alpha value is -2.40. The van der Waals surface area contributed by atoms with Crippen LogP contribution in [0.2, 0.25) is 5.02 Å². The second-order valence-corrected chi connectivity index (χ2v) is 4.07. The number of halogens is 1. The molecule has 0 bridgehead atoms. The molecule has 19 heavy (non-hydrogen) atoms. The molecular weight excluding hydrogens is 266 g/mol. The van der Waals surface area contributed by atoms with Gasteiger partial charge in [-0.3, -0.25) is 9.78 Å². The molecule has 1 amide bonds. The summed E-state index contributed by atoms with van der Waals surface area (Å²) in [7, 11) is 0. The van der Waals surface area contributed by atoms with E-state index in [0.717, 1.165) is 0 Å². The van der Waals surface area contributed by atoms with Crippen molar-refractivity contribution in [1.82, 2.24) is 10.4 Å². The van der Waals surface area contributed by atoms with Gasteiger partial charge in [-0.15, -0.1) is 0 Å². The fourth-order valence-electron chi connectivity index (χ4n) is 1.36. The van der Waals surface area contributed by atoms with Gasteiger partial charge in [0.15, 0.2) is 0 Å². The zero-order chi connectivity index (χ0) is 13.7. The van der Waals surface area contributed by atoms with E-state index in [4.69, 9.17) is 11.6 Å². The minimum Gasteiger partial charge on any atom is -0.507 e. The fraction of sp³-hybridized carbons (Fsp3) is 0. The lowest BCUT2D eigenvalue weighted by Gasteiger charge is -2.00. The van der Waals surface area contributed by atoms with E-state index < -0.39 is 0 Å². The first-order valence-corrected chi connectivity index (χ1v) is 5.76. The highest BCUT2D eigenvalue weighted by Crippen LogP contribution is 2.19. The molecule has 0 saturated heterocycles. The Balaban J connectivity index is 2.04. The van der Waals surface area contributed by atoms with Crippen LogP contribution in [-0.4, -0.2) is 22.2 Å². The number of benzene rings is 1. The summed E-state index contributed by atoms with van der Waals surface area (Å²) in [5, 5.41) is 13.8. The lowest BCUT2D eigenvalue weighted by atomic mass is 10.2. The number of carbonyl (C=O) groups excluding carboxylic acids is 1. The molecule has 1 aromatic heterocycles. The quantitative estimate of drug-likeness (QED) is 0.666. The predicted octanol–water partition coefficient (Wildman–Crippen LogP) is 2.20. The number of nitrogens with one attached hydrogen (secondary N) is 1. The van der Waals surface area contributed by atoms with Crippen LogP contribution in [0.4, 0.5) is 0 Å². The van der Waals surface area contributed by atoms with Crippen LogP contribution in [0.1, 0.15) is 15.9 Å². The molecule has 96 valence electrons. The van der Waals surface area contributed by atoms with E-state index in [2.05, 4.69) is 15.5 Å². The van der Waals surface area contributed by atoms with Gasteiger partial charge in [0.1, 0.15) is 5.75 Å². The smallest absolute Gasteiger partial charge is 0.271 e. The Kier molecular flexibility index (Phi) is 4.10. The first-order chi connectivity index (χ1) is 9.16. The number of pyridine rings is 1. The van der Waals surface area contributed by atoms with Crippen molar-refractivity contribution in [2.45, 2.75) is 0 Å². The molecule has 0 atom stereocenters. The van der Waals surface area contributed by atoms with Gasteiger partial charge in [0.25, 0.3) is 5.91 Å². The van der Waals surface area contributed by atoms with Gasteiger partial charge < -0.3 is 5.11 Å².